The minimum absolute atomic E-state index is 0.0312. The normalized spacial score (nSPS) is 21.4. The molecule has 1 fully saturated rings. The van der Waals surface area contributed by atoms with Gasteiger partial charge in [0.05, 0.1) is 12.2 Å². The van der Waals surface area contributed by atoms with Gasteiger partial charge in [-0.2, -0.15) is 0 Å². The van der Waals surface area contributed by atoms with E-state index in [4.69, 9.17) is 10.8 Å². The molecule has 0 aromatic carbocycles. The van der Waals surface area contributed by atoms with Crippen LogP contribution in [0.5, 0.6) is 0 Å². The molecule has 0 amide bonds. The van der Waals surface area contributed by atoms with E-state index < -0.39 is 5.97 Å². The number of nitrogens with one attached hydrogen (secondary N) is 1. The Hall–Kier alpha value is -0.610. The molecule has 1 aliphatic carbocycles. The molecular weight excluding hydrogens is 120 g/mol. The van der Waals surface area contributed by atoms with E-state index in [9.17, 15) is 4.79 Å². The molecular formula is C5H10N2O2. The second-order valence-electron chi connectivity index (χ2n) is 2.40. The maximum atomic E-state index is 9.96. The molecule has 0 saturated heterocycles. The van der Waals surface area contributed by atoms with Crippen LogP contribution in [0.4, 0.5) is 0 Å². The number of rotatable bonds is 3. The lowest BCUT2D eigenvalue weighted by atomic mass is 10.5. The first-order valence-corrected chi connectivity index (χ1v) is 2.88. The zero-order chi connectivity index (χ0) is 6.91. The smallest absolute Gasteiger partial charge is 0.317 e. The van der Waals surface area contributed by atoms with Gasteiger partial charge in [-0.3, -0.25) is 10.1 Å². The number of aliphatic carboxylic acids is 1. The van der Waals surface area contributed by atoms with Crippen molar-refractivity contribution in [3.8, 4) is 0 Å². The lowest BCUT2D eigenvalue weighted by Crippen LogP contribution is -2.42. The third kappa shape index (κ3) is 1.99. The Kier molecular flexibility index (Phi) is 1.42. The van der Waals surface area contributed by atoms with Crippen molar-refractivity contribution in [2.24, 2.45) is 5.73 Å². The summed E-state index contributed by atoms with van der Waals surface area (Å²) in [4.78, 5) is 9.96. The highest BCUT2D eigenvalue weighted by Gasteiger charge is 2.37. The van der Waals surface area contributed by atoms with E-state index in [-0.39, 0.29) is 12.2 Å². The van der Waals surface area contributed by atoms with Crippen molar-refractivity contribution >= 4 is 5.97 Å². The predicted molar refractivity (Wildman–Crippen MR) is 31.8 cm³/mol. The molecule has 1 saturated carbocycles. The molecule has 1 aliphatic rings. The monoisotopic (exact) mass is 130 g/mol. The molecule has 0 spiro atoms. The van der Waals surface area contributed by atoms with Gasteiger partial charge in [-0.25, -0.2) is 0 Å². The third-order valence-corrected chi connectivity index (χ3v) is 1.38. The van der Waals surface area contributed by atoms with Crippen LogP contribution in [0.2, 0.25) is 0 Å². The molecule has 4 nitrogen and oxygen atoms in total. The maximum absolute atomic E-state index is 9.96. The Balaban J connectivity index is 2.12. The summed E-state index contributed by atoms with van der Waals surface area (Å²) in [5.74, 6) is -0.855. The minimum Gasteiger partial charge on any atom is -0.480 e. The van der Waals surface area contributed by atoms with Gasteiger partial charge in [0.1, 0.15) is 0 Å². The van der Waals surface area contributed by atoms with Crippen molar-refractivity contribution in [3.63, 3.8) is 0 Å². The van der Waals surface area contributed by atoms with Crippen molar-refractivity contribution in [1.82, 2.24) is 5.32 Å². The number of carbonyl (C=O) groups is 1. The molecule has 0 unspecified atom stereocenters. The van der Waals surface area contributed by atoms with Crippen LogP contribution in [0.1, 0.15) is 12.8 Å². The third-order valence-electron chi connectivity index (χ3n) is 1.38. The molecule has 0 atom stereocenters. The first kappa shape index (κ1) is 6.51. The van der Waals surface area contributed by atoms with E-state index in [1.54, 1.807) is 0 Å². The Morgan fingerprint density at radius 1 is 1.78 bits per heavy atom. The summed E-state index contributed by atoms with van der Waals surface area (Å²) in [6.07, 6.45) is 1.78. The molecule has 52 valence electrons. The highest BCUT2D eigenvalue weighted by atomic mass is 16.4. The van der Waals surface area contributed by atoms with Gasteiger partial charge in [0.25, 0.3) is 0 Å². The zero-order valence-electron chi connectivity index (χ0n) is 5.05. The van der Waals surface area contributed by atoms with E-state index in [1.807, 2.05) is 0 Å². The number of hydrogen-bond acceptors (Lipinski definition) is 3. The summed E-state index contributed by atoms with van der Waals surface area (Å²) in [7, 11) is 0. The van der Waals surface area contributed by atoms with Gasteiger partial charge in [0, 0.05) is 0 Å². The fraction of sp³-hybridized carbons (Fsp3) is 0.800. The second kappa shape index (κ2) is 1.97. The van der Waals surface area contributed by atoms with Crippen molar-refractivity contribution in [2.45, 2.75) is 18.5 Å². The SMILES string of the molecule is NC1(NCC(=O)O)CC1. The van der Waals surface area contributed by atoms with Crippen molar-refractivity contribution in [3.05, 3.63) is 0 Å². The quantitative estimate of drug-likeness (QED) is 0.433. The van der Waals surface area contributed by atoms with E-state index >= 15 is 0 Å². The summed E-state index contributed by atoms with van der Waals surface area (Å²) in [6, 6.07) is 0. The first-order valence-electron chi connectivity index (χ1n) is 2.88. The summed E-state index contributed by atoms with van der Waals surface area (Å²) in [5.41, 5.74) is 5.17. The fourth-order valence-corrected chi connectivity index (χ4v) is 0.563. The highest BCUT2D eigenvalue weighted by molar-refractivity contribution is 5.69. The van der Waals surface area contributed by atoms with Crippen LogP contribution in [0.25, 0.3) is 0 Å². The molecule has 0 bridgehead atoms. The largest absolute Gasteiger partial charge is 0.480 e. The first-order chi connectivity index (χ1) is 4.12. The molecule has 0 aliphatic heterocycles. The van der Waals surface area contributed by atoms with Crippen molar-refractivity contribution in [2.75, 3.05) is 6.54 Å². The standard InChI is InChI=1S/C5H10N2O2/c6-5(1-2-5)7-3-4(8)9/h7H,1-3,6H2,(H,8,9). The van der Waals surface area contributed by atoms with Crippen LogP contribution in [0.15, 0.2) is 0 Å². The molecule has 0 heterocycles. The van der Waals surface area contributed by atoms with Gasteiger partial charge in [0.2, 0.25) is 0 Å². The average molecular weight is 130 g/mol. The van der Waals surface area contributed by atoms with Gasteiger partial charge in [-0.15, -0.1) is 0 Å². The van der Waals surface area contributed by atoms with Crippen LogP contribution >= 0.6 is 0 Å². The van der Waals surface area contributed by atoms with E-state index in [2.05, 4.69) is 5.32 Å². The van der Waals surface area contributed by atoms with Crippen LogP contribution in [0.3, 0.4) is 0 Å². The lowest BCUT2D eigenvalue weighted by Gasteiger charge is -2.07. The summed E-state index contributed by atoms with van der Waals surface area (Å²) in [5, 5.41) is 10.9. The van der Waals surface area contributed by atoms with Gasteiger partial charge < -0.3 is 10.8 Å². The fourth-order valence-electron chi connectivity index (χ4n) is 0.563. The Labute approximate surface area is 53.0 Å². The zero-order valence-corrected chi connectivity index (χ0v) is 5.05. The number of carboxylic acid groups (broad SMARTS) is 1. The Bertz CT molecular complexity index is 131. The van der Waals surface area contributed by atoms with Crippen molar-refractivity contribution in [1.29, 1.82) is 0 Å². The van der Waals surface area contributed by atoms with Crippen LogP contribution < -0.4 is 11.1 Å². The summed E-state index contributed by atoms with van der Waals surface area (Å²) >= 11 is 0. The number of nitrogens with two attached hydrogens (primary N) is 1. The molecule has 0 radical (unpaired) electrons. The molecule has 0 aromatic rings. The predicted octanol–water partition coefficient (Wildman–Crippen LogP) is -0.891. The van der Waals surface area contributed by atoms with Crippen LogP contribution in [0, 0.1) is 0 Å². The molecule has 4 heteroatoms. The topological polar surface area (TPSA) is 75.3 Å². The summed E-state index contributed by atoms with van der Waals surface area (Å²) in [6.45, 7) is -0.0312. The average Bonchev–Trinajstić information content (AvgIpc) is 2.45. The van der Waals surface area contributed by atoms with Gasteiger partial charge >= 0.3 is 5.97 Å². The van der Waals surface area contributed by atoms with Gasteiger partial charge in [-0.1, -0.05) is 0 Å². The summed E-state index contributed by atoms with van der Waals surface area (Å²) < 4.78 is 0. The van der Waals surface area contributed by atoms with Gasteiger partial charge in [0.15, 0.2) is 0 Å². The molecule has 9 heavy (non-hydrogen) atoms. The highest BCUT2D eigenvalue weighted by Crippen LogP contribution is 2.28. The Morgan fingerprint density at radius 3 is 2.67 bits per heavy atom. The van der Waals surface area contributed by atoms with E-state index in [0.717, 1.165) is 12.8 Å². The van der Waals surface area contributed by atoms with Crippen LogP contribution in [-0.4, -0.2) is 23.3 Å². The van der Waals surface area contributed by atoms with E-state index in [1.165, 1.54) is 0 Å². The lowest BCUT2D eigenvalue weighted by molar-refractivity contribution is -0.136. The maximum Gasteiger partial charge on any atom is 0.317 e. The molecule has 1 rings (SSSR count). The number of hydrogen-bond donors (Lipinski definition) is 3. The Morgan fingerprint density at radius 2 is 2.33 bits per heavy atom. The second-order valence-corrected chi connectivity index (χ2v) is 2.40. The van der Waals surface area contributed by atoms with E-state index in [0.29, 0.717) is 0 Å². The molecule has 4 N–H and O–H groups in total. The number of carboxylic acids is 1. The minimum atomic E-state index is -0.855. The molecule has 0 aromatic heterocycles. The van der Waals surface area contributed by atoms with Crippen molar-refractivity contribution < 1.29 is 9.90 Å². The van der Waals surface area contributed by atoms with Gasteiger partial charge in [-0.05, 0) is 12.8 Å². The van der Waals surface area contributed by atoms with Crippen LogP contribution in [-0.2, 0) is 4.79 Å².